The van der Waals surface area contributed by atoms with Crippen LogP contribution in [0.5, 0.6) is 0 Å². The molecule has 2 aromatic carbocycles. The van der Waals surface area contributed by atoms with Gasteiger partial charge in [0.25, 0.3) is 0 Å². The lowest BCUT2D eigenvalue weighted by molar-refractivity contribution is -0.121. The molecule has 1 N–H and O–H groups in total. The summed E-state index contributed by atoms with van der Waals surface area (Å²) in [5.41, 5.74) is 3.94. The van der Waals surface area contributed by atoms with E-state index in [9.17, 15) is 23.1 Å². The molecule has 2 aromatic heterocycles. The standard InChI is InChI=1S/C37H40N4O6S2/c42-35-25-40(49(45,46)30-15-16-31(38-22-30)27-13-11-26(12-14-27)23-39-17-19-47-20-18-39)24-33(28-7-3-1-4-8-28)41(35)32-21-34(48-36(32)37(43)44)29-9-5-2-6-10-29/h2,5-6,9-16,21-22,28,33H,1,3-4,7-8,17-20,23-25H2,(H,43,44)/t33-/m0/s1. The maximum Gasteiger partial charge on any atom is 0.348 e. The molecule has 256 valence electrons. The van der Waals surface area contributed by atoms with Crippen LogP contribution >= 0.6 is 11.3 Å². The second-order valence-electron chi connectivity index (χ2n) is 13.0. The van der Waals surface area contributed by atoms with Crippen molar-refractivity contribution in [3.63, 3.8) is 0 Å². The first-order valence-corrected chi connectivity index (χ1v) is 19.1. The van der Waals surface area contributed by atoms with Crippen LogP contribution in [0.2, 0.25) is 0 Å². The fourth-order valence-electron chi connectivity index (χ4n) is 7.25. The van der Waals surface area contributed by atoms with Crippen molar-refractivity contribution >= 4 is 38.9 Å². The zero-order valence-electron chi connectivity index (χ0n) is 27.2. The van der Waals surface area contributed by atoms with E-state index in [0.29, 0.717) is 11.4 Å². The molecule has 3 aliphatic rings. The summed E-state index contributed by atoms with van der Waals surface area (Å²) >= 11 is 1.14. The number of thiophene rings is 1. The van der Waals surface area contributed by atoms with Gasteiger partial charge in [0.2, 0.25) is 15.9 Å². The summed E-state index contributed by atoms with van der Waals surface area (Å²) in [5.74, 6) is -1.48. The minimum absolute atomic E-state index is 0.0250. The molecule has 49 heavy (non-hydrogen) atoms. The molecule has 12 heteroatoms. The van der Waals surface area contributed by atoms with Crippen LogP contribution in [-0.2, 0) is 26.1 Å². The van der Waals surface area contributed by atoms with Gasteiger partial charge in [0.15, 0.2) is 0 Å². The number of ether oxygens (including phenoxy) is 1. The SMILES string of the molecule is O=C(O)c1sc(-c2ccccc2)cc1N1C(=O)CN(S(=O)(=O)c2ccc(-c3ccc(CN4CCOCC4)cc3)nc2)C[C@H]1C1CCCCC1. The number of carboxylic acids is 1. The summed E-state index contributed by atoms with van der Waals surface area (Å²) in [6, 6.07) is 22.2. The largest absolute Gasteiger partial charge is 0.477 e. The van der Waals surface area contributed by atoms with Crippen molar-refractivity contribution in [2.24, 2.45) is 5.92 Å². The molecular weight excluding hydrogens is 661 g/mol. The number of amides is 1. The number of hydrogen-bond acceptors (Lipinski definition) is 8. The van der Waals surface area contributed by atoms with Crippen molar-refractivity contribution in [3.8, 4) is 21.7 Å². The highest BCUT2D eigenvalue weighted by Gasteiger charge is 2.44. The summed E-state index contributed by atoms with van der Waals surface area (Å²) in [5, 5.41) is 10.2. The van der Waals surface area contributed by atoms with E-state index in [4.69, 9.17) is 4.74 Å². The van der Waals surface area contributed by atoms with Gasteiger partial charge in [-0.05, 0) is 48.1 Å². The number of nitrogens with zero attached hydrogens (tertiary/aromatic N) is 4. The molecular formula is C37H40N4O6S2. The number of carbonyl (C=O) groups is 2. The third kappa shape index (κ3) is 7.20. The van der Waals surface area contributed by atoms with E-state index in [2.05, 4.69) is 22.0 Å². The summed E-state index contributed by atoms with van der Waals surface area (Å²) < 4.78 is 34.8. The van der Waals surface area contributed by atoms with Crippen LogP contribution in [0.4, 0.5) is 5.69 Å². The van der Waals surface area contributed by atoms with Crippen LogP contribution in [-0.4, -0.2) is 85.0 Å². The Morgan fingerprint density at radius 1 is 0.939 bits per heavy atom. The van der Waals surface area contributed by atoms with Crippen molar-refractivity contribution < 1.29 is 27.9 Å². The summed E-state index contributed by atoms with van der Waals surface area (Å²) in [6.45, 7) is 3.87. The second kappa shape index (κ2) is 14.5. The van der Waals surface area contributed by atoms with Crippen LogP contribution in [0.3, 0.4) is 0 Å². The number of carbonyl (C=O) groups excluding carboxylic acids is 1. The van der Waals surface area contributed by atoms with Gasteiger partial charge in [-0.1, -0.05) is 73.9 Å². The summed E-state index contributed by atoms with van der Waals surface area (Å²) in [6.07, 6.45) is 6.13. The molecule has 3 fully saturated rings. The number of benzene rings is 2. The lowest BCUT2D eigenvalue weighted by atomic mass is 9.82. The first kappa shape index (κ1) is 33.6. The van der Waals surface area contributed by atoms with Gasteiger partial charge in [-0.3, -0.25) is 14.7 Å². The number of pyridine rings is 1. The van der Waals surface area contributed by atoms with Gasteiger partial charge in [-0.25, -0.2) is 13.2 Å². The minimum Gasteiger partial charge on any atom is -0.477 e. The predicted molar refractivity (Wildman–Crippen MR) is 189 cm³/mol. The van der Waals surface area contributed by atoms with Crippen LogP contribution < -0.4 is 4.90 Å². The second-order valence-corrected chi connectivity index (χ2v) is 16.0. The fourth-order valence-corrected chi connectivity index (χ4v) is 9.60. The molecule has 1 saturated carbocycles. The number of hydrogen-bond donors (Lipinski definition) is 1. The van der Waals surface area contributed by atoms with Crippen LogP contribution in [0.25, 0.3) is 21.7 Å². The third-order valence-electron chi connectivity index (χ3n) is 9.85. The number of piperazine rings is 1. The van der Waals surface area contributed by atoms with Gasteiger partial charge in [0.1, 0.15) is 9.77 Å². The minimum atomic E-state index is -4.06. The third-order valence-corrected chi connectivity index (χ3v) is 12.8. The van der Waals surface area contributed by atoms with Crippen molar-refractivity contribution in [3.05, 3.63) is 89.4 Å². The zero-order chi connectivity index (χ0) is 34.0. The average Bonchev–Trinajstić information content (AvgIpc) is 3.58. The number of carboxylic acid groups (broad SMARTS) is 1. The van der Waals surface area contributed by atoms with E-state index in [1.807, 2.05) is 42.5 Å². The quantitative estimate of drug-likeness (QED) is 0.226. The first-order chi connectivity index (χ1) is 23.8. The van der Waals surface area contributed by atoms with Gasteiger partial charge in [-0.2, -0.15) is 4.31 Å². The molecule has 1 atom stereocenters. The molecule has 0 radical (unpaired) electrons. The number of anilines is 1. The molecule has 4 aromatic rings. The van der Waals surface area contributed by atoms with E-state index < -0.39 is 27.9 Å². The van der Waals surface area contributed by atoms with Gasteiger partial charge in [-0.15, -0.1) is 11.3 Å². The van der Waals surface area contributed by atoms with Crippen molar-refractivity contribution in [2.45, 2.75) is 49.6 Å². The fraction of sp³-hybridized carbons (Fsp3) is 0.378. The number of morpholine rings is 1. The number of aromatic nitrogens is 1. The number of sulfonamides is 1. The predicted octanol–water partition coefficient (Wildman–Crippen LogP) is 5.99. The normalized spacial score (nSPS) is 20.0. The maximum atomic E-state index is 14.1. The molecule has 0 bridgehead atoms. The van der Waals surface area contributed by atoms with Gasteiger partial charge in [0, 0.05) is 42.8 Å². The van der Waals surface area contributed by atoms with E-state index >= 15 is 0 Å². The van der Waals surface area contributed by atoms with Gasteiger partial charge >= 0.3 is 5.97 Å². The maximum absolute atomic E-state index is 14.1. The first-order valence-electron chi connectivity index (χ1n) is 16.9. The van der Waals surface area contributed by atoms with Gasteiger partial charge < -0.3 is 14.7 Å². The average molecular weight is 701 g/mol. The molecule has 1 aliphatic carbocycles. The topological polar surface area (TPSA) is 120 Å². The highest BCUT2D eigenvalue weighted by Crippen LogP contribution is 2.42. The monoisotopic (exact) mass is 700 g/mol. The van der Waals surface area contributed by atoms with Crippen LogP contribution in [0.15, 0.2) is 83.9 Å². The van der Waals surface area contributed by atoms with Crippen molar-refractivity contribution in [2.75, 3.05) is 44.3 Å². The highest BCUT2D eigenvalue weighted by molar-refractivity contribution is 7.89. The van der Waals surface area contributed by atoms with E-state index in [1.54, 1.807) is 23.1 Å². The summed E-state index contributed by atoms with van der Waals surface area (Å²) in [7, 11) is -4.06. The number of rotatable bonds is 9. The molecule has 10 nitrogen and oxygen atoms in total. The molecule has 2 saturated heterocycles. The molecule has 4 heterocycles. The molecule has 2 aliphatic heterocycles. The van der Waals surface area contributed by atoms with Crippen molar-refractivity contribution in [1.29, 1.82) is 0 Å². The Morgan fingerprint density at radius 2 is 1.67 bits per heavy atom. The molecule has 0 unspecified atom stereocenters. The van der Waals surface area contributed by atoms with Gasteiger partial charge in [0.05, 0.1) is 37.2 Å². The highest BCUT2D eigenvalue weighted by atomic mass is 32.2. The lowest BCUT2D eigenvalue weighted by Crippen LogP contribution is -2.60. The smallest absolute Gasteiger partial charge is 0.348 e. The lowest BCUT2D eigenvalue weighted by Gasteiger charge is -2.44. The Bertz CT molecular complexity index is 1890. The zero-order valence-corrected chi connectivity index (χ0v) is 28.9. The molecule has 7 rings (SSSR count). The molecule has 0 spiro atoms. The van der Waals surface area contributed by atoms with Crippen LogP contribution in [0, 0.1) is 5.92 Å². The van der Waals surface area contributed by atoms with E-state index in [0.717, 1.165) is 92.3 Å². The van der Waals surface area contributed by atoms with E-state index in [1.165, 1.54) is 16.1 Å². The summed E-state index contributed by atoms with van der Waals surface area (Å²) in [4.78, 5) is 35.9. The van der Waals surface area contributed by atoms with E-state index in [-0.39, 0.29) is 28.8 Å². The number of aromatic carboxylic acids is 1. The Hall–Kier alpha value is -3.94. The van der Waals surface area contributed by atoms with Crippen LogP contribution in [0.1, 0.15) is 47.3 Å². The Morgan fingerprint density at radius 3 is 2.35 bits per heavy atom. The van der Waals surface area contributed by atoms with Crippen molar-refractivity contribution in [1.82, 2.24) is 14.2 Å². The molecule has 1 amide bonds. The Labute approximate surface area is 291 Å². The Balaban J connectivity index is 1.13. The Kier molecular flexibility index (Phi) is 9.93.